The standard InChI is InChI=1S/C22H18N4O3/c27-19(25-17-9-1-5-15-7-3-11-23-21(15)17)13-29-14-20(28)26-18-10-2-6-16-8-4-12-24-22(16)18/h1-12H,13-14H2,(H,25,27)(H,26,28). The number of carbonyl (C=O) groups is 2. The van der Waals surface area contributed by atoms with Gasteiger partial charge in [-0.05, 0) is 24.3 Å². The number of nitrogens with one attached hydrogen (secondary N) is 2. The third-order valence-electron chi connectivity index (χ3n) is 4.28. The normalized spacial score (nSPS) is 10.8. The van der Waals surface area contributed by atoms with Crippen molar-refractivity contribution in [1.82, 2.24) is 9.97 Å². The Hall–Kier alpha value is -3.84. The van der Waals surface area contributed by atoms with Crippen molar-refractivity contribution in [3.63, 3.8) is 0 Å². The minimum Gasteiger partial charge on any atom is -0.362 e. The second kappa shape index (κ2) is 8.45. The zero-order valence-electron chi connectivity index (χ0n) is 15.5. The molecule has 0 fully saturated rings. The number of carbonyl (C=O) groups excluding carboxylic acids is 2. The molecule has 144 valence electrons. The first-order valence-electron chi connectivity index (χ1n) is 9.06. The number of ether oxygens (including phenoxy) is 1. The smallest absolute Gasteiger partial charge is 0.250 e. The second-order valence-corrected chi connectivity index (χ2v) is 6.35. The van der Waals surface area contributed by atoms with Crippen molar-refractivity contribution in [2.75, 3.05) is 23.8 Å². The summed E-state index contributed by atoms with van der Waals surface area (Å²) < 4.78 is 5.26. The number of fused-ring (bicyclic) bond motifs is 2. The summed E-state index contributed by atoms with van der Waals surface area (Å²) in [7, 11) is 0. The highest BCUT2D eigenvalue weighted by Gasteiger charge is 2.10. The summed E-state index contributed by atoms with van der Waals surface area (Å²) >= 11 is 0. The summed E-state index contributed by atoms with van der Waals surface area (Å²) in [5.41, 5.74) is 2.60. The number of pyridine rings is 2. The maximum atomic E-state index is 12.2. The van der Waals surface area contributed by atoms with Gasteiger partial charge in [-0.3, -0.25) is 19.6 Å². The quantitative estimate of drug-likeness (QED) is 0.530. The number of benzene rings is 2. The van der Waals surface area contributed by atoms with Crippen molar-refractivity contribution in [2.45, 2.75) is 0 Å². The molecular weight excluding hydrogens is 368 g/mol. The molecule has 0 atom stereocenters. The highest BCUT2D eigenvalue weighted by molar-refractivity contribution is 6.02. The molecule has 2 aromatic heterocycles. The second-order valence-electron chi connectivity index (χ2n) is 6.35. The van der Waals surface area contributed by atoms with Crippen molar-refractivity contribution in [1.29, 1.82) is 0 Å². The number of amides is 2. The van der Waals surface area contributed by atoms with E-state index in [-0.39, 0.29) is 25.0 Å². The molecule has 7 nitrogen and oxygen atoms in total. The van der Waals surface area contributed by atoms with Crippen LogP contribution in [-0.2, 0) is 14.3 Å². The summed E-state index contributed by atoms with van der Waals surface area (Å²) in [5.74, 6) is -0.717. The molecule has 0 bridgehead atoms. The first-order valence-corrected chi connectivity index (χ1v) is 9.06. The monoisotopic (exact) mass is 386 g/mol. The molecule has 0 spiro atoms. The first kappa shape index (κ1) is 18.5. The predicted molar refractivity (Wildman–Crippen MR) is 112 cm³/mol. The predicted octanol–water partition coefficient (Wildman–Crippen LogP) is 3.38. The highest BCUT2D eigenvalue weighted by Crippen LogP contribution is 2.21. The van der Waals surface area contributed by atoms with Crippen LogP contribution < -0.4 is 10.6 Å². The lowest BCUT2D eigenvalue weighted by molar-refractivity contribution is -0.125. The molecule has 0 aliphatic rings. The lowest BCUT2D eigenvalue weighted by atomic mass is 10.2. The van der Waals surface area contributed by atoms with Gasteiger partial charge < -0.3 is 15.4 Å². The number of aromatic nitrogens is 2. The minimum atomic E-state index is -0.359. The Morgan fingerprint density at radius 1 is 0.690 bits per heavy atom. The van der Waals surface area contributed by atoms with Gasteiger partial charge in [-0.2, -0.15) is 0 Å². The fourth-order valence-electron chi connectivity index (χ4n) is 3.02. The van der Waals surface area contributed by atoms with E-state index < -0.39 is 0 Å². The van der Waals surface area contributed by atoms with Crippen molar-refractivity contribution < 1.29 is 14.3 Å². The Kier molecular flexibility index (Phi) is 5.40. The maximum Gasteiger partial charge on any atom is 0.250 e. The van der Waals surface area contributed by atoms with E-state index in [1.54, 1.807) is 24.5 Å². The molecule has 4 rings (SSSR count). The molecule has 0 aliphatic heterocycles. The fraction of sp³-hybridized carbons (Fsp3) is 0.0909. The lowest BCUT2D eigenvalue weighted by Gasteiger charge is -2.10. The molecule has 2 aromatic carbocycles. The van der Waals surface area contributed by atoms with E-state index in [1.165, 1.54) is 0 Å². The average Bonchev–Trinajstić information content (AvgIpc) is 2.74. The molecule has 0 unspecified atom stereocenters. The maximum absolute atomic E-state index is 12.2. The van der Waals surface area contributed by atoms with Crippen LogP contribution >= 0.6 is 0 Å². The van der Waals surface area contributed by atoms with Crippen LogP contribution in [0.4, 0.5) is 11.4 Å². The van der Waals surface area contributed by atoms with Gasteiger partial charge in [-0.15, -0.1) is 0 Å². The molecule has 7 heteroatoms. The van der Waals surface area contributed by atoms with Crippen LogP contribution in [0.25, 0.3) is 21.8 Å². The summed E-state index contributed by atoms with van der Waals surface area (Å²) in [5, 5.41) is 7.38. The molecule has 0 saturated heterocycles. The van der Waals surface area contributed by atoms with E-state index in [2.05, 4.69) is 20.6 Å². The van der Waals surface area contributed by atoms with Gasteiger partial charge in [0.1, 0.15) is 13.2 Å². The van der Waals surface area contributed by atoms with Gasteiger partial charge in [0, 0.05) is 23.2 Å². The van der Waals surface area contributed by atoms with Crippen LogP contribution in [0.2, 0.25) is 0 Å². The van der Waals surface area contributed by atoms with Gasteiger partial charge in [0.05, 0.1) is 22.4 Å². The molecule has 2 amide bonds. The van der Waals surface area contributed by atoms with Gasteiger partial charge in [0.25, 0.3) is 0 Å². The van der Waals surface area contributed by atoms with E-state index >= 15 is 0 Å². The first-order chi connectivity index (χ1) is 14.2. The number of nitrogens with zero attached hydrogens (tertiary/aromatic N) is 2. The molecule has 29 heavy (non-hydrogen) atoms. The van der Waals surface area contributed by atoms with Gasteiger partial charge in [-0.1, -0.05) is 36.4 Å². The van der Waals surface area contributed by atoms with Gasteiger partial charge in [0.2, 0.25) is 11.8 Å². The Balaban J connectivity index is 1.31. The molecular formula is C22H18N4O3. The Bertz CT molecular complexity index is 1090. The third-order valence-corrected chi connectivity index (χ3v) is 4.28. The average molecular weight is 386 g/mol. The third kappa shape index (κ3) is 4.36. The Morgan fingerprint density at radius 3 is 1.62 bits per heavy atom. The lowest BCUT2D eigenvalue weighted by Crippen LogP contribution is -2.24. The number of para-hydroxylation sites is 2. The number of hydrogen-bond acceptors (Lipinski definition) is 5. The van der Waals surface area contributed by atoms with Gasteiger partial charge in [0.15, 0.2) is 0 Å². The zero-order chi connectivity index (χ0) is 20.1. The van der Waals surface area contributed by atoms with Crippen molar-refractivity contribution >= 4 is 45.0 Å². The van der Waals surface area contributed by atoms with Crippen molar-refractivity contribution in [2.24, 2.45) is 0 Å². The van der Waals surface area contributed by atoms with Crippen LogP contribution in [0.15, 0.2) is 73.1 Å². The summed E-state index contributed by atoms with van der Waals surface area (Å²) in [6.07, 6.45) is 3.34. The molecule has 4 aromatic rings. The number of anilines is 2. The van der Waals surface area contributed by atoms with Gasteiger partial charge in [-0.25, -0.2) is 0 Å². The number of hydrogen-bond donors (Lipinski definition) is 2. The zero-order valence-corrected chi connectivity index (χ0v) is 15.5. The Morgan fingerprint density at radius 2 is 1.14 bits per heavy atom. The van der Waals surface area contributed by atoms with E-state index in [1.807, 2.05) is 48.5 Å². The van der Waals surface area contributed by atoms with E-state index in [0.29, 0.717) is 22.4 Å². The summed E-state index contributed by atoms with van der Waals surface area (Å²) in [6, 6.07) is 18.6. The topological polar surface area (TPSA) is 93.2 Å². The minimum absolute atomic E-state index is 0.246. The summed E-state index contributed by atoms with van der Waals surface area (Å²) in [6.45, 7) is -0.491. The van der Waals surface area contributed by atoms with Crippen LogP contribution in [-0.4, -0.2) is 35.0 Å². The van der Waals surface area contributed by atoms with Crippen molar-refractivity contribution in [3.8, 4) is 0 Å². The van der Waals surface area contributed by atoms with Crippen LogP contribution in [0, 0.1) is 0 Å². The molecule has 2 heterocycles. The molecule has 2 N–H and O–H groups in total. The van der Waals surface area contributed by atoms with Crippen LogP contribution in [0.3, 0.4) is 0 Å². The number of rotatable bonds is 6. The molecule has 0 radical (unpaired) electrons. The van der Waals surface area contributed by atoms with Crippen molar-refractivity contribution in [3.05, 3.63) is 73.1 Å². The SMILES string of the molecule is O=C(COCC(=O)Nc1cccc2cccnc12)Nc1cccc2cccnc12. The van der Waals surface area contributed by atoms with Gasteiger partial charge >= 0.3 is 0 Å². The van der Waals surface area contributed by atoms with Crippen LogP contribution in [0.5, 0.6) is 0 Å². The fourth-order valence-corrected chi connectivity index (χ4v) is 3.02. The summed E-state index contributed by atoms with van der Waals surface area (Å²) in [4.78, 5) is 32.9. The largest absolute Gasteiger partial charge is 0.362 e. The van der Waals surface area contributed by atoms with E-state index in [9.17, 15) is 9.59 Å². The van der Waals surface area contributed by atoms with Crippen LogP contribution in [0.1, 0.15) is 0 Å². The van der Waals surface area contributed by atoms with E-state index in [0.717, 1.165) is 10.8 Å². The molecule has 0 aliphatic carbocycles. The van der Waals surface area contributed by atoms with E-state index in [4.69, 9.17) is 4.74 Å². The molecule has 0 saturated carbocycles. The Labute approximate surface area is 166 Å². The highest BCUT2D eigenvalue weighted by atomic mass is 16.5.